The van der Waals surface area contributed by atoms with Crippen LogP contribution >= 0.6 is 0 Å². The number of para-hydroxylation sites is 1. The van der Waals surface area contributed by atoms with Gasteiger partial charge < -0.3 is 10.5 Å². The predicted molar refractivity (Wildman–Crippen MR) is 114 cm³/mol. The summed E-state index contributed by atoms with van der Waals surface area (Å²) in [6, 6.07) is 9.28. The smallest absolute Gasteiger partial charge is 0.343 e. The summed E-state index contributed by atoms with van der Waals surface area (Å²) in [7, 11) is 1.59. The van der Waals surface area contributed by atoms with E-state index < -0.39 is 11.9 Å². The molecule has 0 atom stereocenters. The van der Waals surface area contributed by atoms with Crippen molar-refractivity contribution in [1.82, 2.24) is 19.6 Å². The van der Waals surface area contributed by atoms with Gasteiger partial charge in [0.05, 0.1) is 29.4 Å². The molecule has 3 aromatic rings. The van der Waals surface area contributed by atoms with Crippen LogP contribution in [0, 0.1) is 13.8 Å². The molecule has 1 aromatic carbocycles. The molecule has 0 aliphatic heterocycles. The minimum Gasteiger partial charge on any atom is -0.462 e. The minimum absolute atomic E-state index is 0.209. The van der Waals surface area contributed by atoms with Crippen molar-refractivity contribution in [3.8, 4) is 5.69 Å². The van der Waals surface area contributed by atoms with Gasteiger partial charge >= 0.3 is 5.97 Å². The molecule has 0 saturated carbocycles. The normalized spacial score (nSPS) is 10.8. The van der Waals surface area contributed by atoms with E-state index in [2.05, 4.69) is 10.2 Å². The fourth-order valence-electron chi connectivity index (χ4n) is 3.32. The number of nitrogens with zero attached hydrogens (tertiary/aromatic N) is 5. The van der Waals surface area contributed by atoms with Crippen LogP contribution in [-0.2, 0) is 11.3 Å². The lowest BCUT2D eigenvalue weighted by molar-refractivity contribution is 0.0526. The number of aromatic nitrogens is 4. The number of benzene rings is 1. The quantitative estimate of drug-likeness (QED) is 0.626. The van der Waals surface area contributed by atoms with Crippen LogP contribution in [0.2, 0.25) is 0 Å². The molecule has 0 spiro atoms. The van der Waals surface area contributed by atoms with Crippen molar-refractivity contribution in [3.63, 3.8) is 0 Å². The van der Waals surface area contributed by atoms with Crippen LogP contribution in [0.5, 0.6) is 0 Å². The number of ether oxygens (including phenoxy) is 1. The van der Waals surface area contributed by atoms with Crippen LogP contribution in [0.15, 0.2) is 30.3 Å². The number of aryl methyl sites for hydroxylation is 3. The average Bonchev–Trinajstić information content (AvgIpc) is 3.24. The summed E-state index contributed by atoms with van der Waals surface area (Å²) in [6.45, 7) is 7.76. The standard InChI is InChI=1S/C21H26N6O3/c1-6-26-18(17(22)14(4)23-26)20(28)25(5)19-16(21(29)30-7-2)13(3)24-27(19)15-11-9-8-10-12-15/h8-12H,6-7,22H2,1-5H3. The maximum atomic E-state index is 13.5. The average molecular weight is 410 g/mol. The van der Waals surface area contributed by atoms with Crippen LogP contribution in [0.1, 0.15) is 46.1 Å². The van der Waals surface area contributed by atoms with Crippen molar-refractivity contribution in [2.24, 2.45) is 0 Å². The first-order valence-corrected chi connectivity index (χ1v) is 9.74. The van der Waals surface area contributed by atoms with Crippen molar-refractivity contribution < 1.29 is 14.3 Å². The van der Waals surface area contributed by atoms with E-state index in [1.807, 2.05) is 37.3 Å². The molecule has 1 amide bonds. The van der Waals surface area contributed by atoms with E-state index in [9.17, 15) is 9.59 Å². The molecule has 0 fully saturated rings. The van der Waals surface area contributed by atoms with Crippen molar-refractivity contribution in [3.05, 3.63) is 53.0 Å². The van der Waals surface area contributed by atoms with Gasteiger partial charge in [-0.1, -0.05) is 18.2 Å². The lowest BCUT2D eigenvalue weighted by Gasteiger charge is -2.21. The third kappa shape index (κ3) is 3.54. The van der Waals surface area contributed by atoms with E-state index in [1.165, 1.54) is 4.90 Å². The summed E-state index contributed by atoms with van der Waals surface area (Å²) in [4.78, 5) is 27.6. The Bertz CT molecular complexity index is 1080. The molecule has 0 saturated heterocycles. The Hall–Kier alpha value is -3.62. The number of carbonyl (C=O) groups is 2. The number of rotatable bonds is 6. The van der Waals surface area contributed by atoms with Crippen LogP contribution in [0.3, 0.4) is 0 Å². The largest absolute Gasteiger partial charge is 0.462 e. The van der Waals surface area contributed by atoms with Crippen molar-refractivity contribution in [2.45, 2.75) is 34.2 Å². The second-order valence-corrected chi connectivity index (χ2v) is 6.78. The van der Waals surface area contributed by atoms with Crippen molar-refractivity contribution >= 4 is 23.4 Å². The molecule has 0 bridgehead atoms. The molecule has 2 aromatic heterocycles. The van der Waals surface area contributed by atoms with Gasteiger partial charge in [0.15, 0.2) is 5.82 Å². The molecule has 0 aliphatic carbocycles. The summed E-state index contributed by atoms with van der Waals surface area (Å²) in [5, 5.41) is 8.85. The highest BCUT2D eigenvalue weighted by atomic mass is 16.5. The van der Waals surface area contributed by atoms with Crippen LogP contribution < -0.4 is 10.6 Å². The second kappa shape index (κ2) is 8.40. The van der Waals surface area contributed by atoms with Gasteiger partial charge in [0.1, 0.15) is 11.3 Å². The van der Waals surface area contributed by atoms with E-state index in [4.69, 9.17) is 10.5 Å². The molecule has 0 unspecified atom stereocenters. The summed E-state index contributed by atoms with van der Waals surface area (Å²) in [6.07, 6.45) is 0. The zero-order valence-corrected chi connectivity index (χ0v) is 17.8. The lowest BCUT2D eigenvalue weighted by atomic mass is 10.2. The molecular weight excluding hydrogens is 384 g/mol. The highest BCUT2D eigenvalue weighted by Gasteiger charge is 2.31. The number of anilines is 2. The molecule has 9 heteroatoms. The van der Waals surface area contributed by atoms with Crippen molar-refractivity contribution in [1.29, 1.82) is 0 Å². The SMILES string of the molecule is CCOC(=O)c1c(C)nn(-c2ccccc2)c1N(C)C(=O)c1c(N)c(C)nn1CC. The molecule has 2 heterocycles. The minimum atomic E-state index is -0.542. The molecule has 0 radical (unpaired) electrons. The maximum absolute atomic E-state index is 13.5. The van der Waals surface area contributed by atoms with E-state index in [0.717, 1.165) is 0 Å². The van der Waals surface area contributed by atoms with Gasteiger partial charge in [-0.2, -0.15) is 10.2 Å². The van der Waals surface area contributed by atoms with Crippen LogP contribution in [-0.4, -0.2) is 45.1 Å². The summed E-state index contributed by atoms with van der Waals surface area (Å²) < 4.78 is 8.36. The van der Waals surface area contributed by atoms with Gasteiger partial charge in [0.2, 0.25) is 0 Å². The Morgan fingerprint density at radius 1 is 1.10 bits per heavy atom. The Morgan fingerprint density at radius 3 is 2.37 bits per heavy atom. The summed E-state index contributed by atoms with van der Waals surface area (Å²) in [5.41, 5.74) is 8.71. The van der Waals surface area contributed by atoms with Gasteiger partial charge in [-0.25, -0.2) is 9.48 Å². The topological polar surface area (TPSA) is 108 Å². The van der Waals surface area contributed by atoms with Crippen molar-refractivity contribution in [2.75, 3.05) is 24.3 Å². The maximum Gasteiger partial charge on any atom is 0.343 e. The molecule has 0 aliphatic rings. The molecule has 9 nitrogen and oxygen atoms in total. The summed E-state index contributed by atoms with van der Waals surface area (Å²) in [5.74, 6) is -0.624. The van der Waals surface area contributed by atoms with Gasteiger partial charge in [-0.15, -0.1) is 0 Å². The van der Waals surface area contributed by atoms with Gasteiger partial charge in [-0.05, 0) is 39.8 Å². The highest BCUT2D eigenvalue weighted by Crippen LogP contribution is 2.30. The number of hydrogen-bond donors (Lipinski definition) is 1. The Labute approximate surface area is 175 Å². The van der Waals surface area contributed by atoms with Gasteiger partial charge in [0, 0.05) is 13.6 Å². The Balaban J connectivity index is 2.20. The molecular formula is C21H26N6O3. The molecule has 158 valence electrons. The number of esters is 1. The third-order valence-corrected chi connectivity index (χ3v) is 4.81. The molecule has 2 N–H and O–H groups in total. The first kappa shape index (κ1) is 21.1. The van der Waals surface area contributed by atoms with Gasteiger partial charge in [0.25, 0.3) is 5.91 Å². The lowest BCUT2D eigenvalue weighted by Crippen LogP contribution is -2.32. The summed E-state index contributed by atoms with van der Waals surface area (Å²) >= 11 is 0. The number of nitrogen functional groups attached to an aromatic ring is 1. The van der Waals surface area contributed by atoms with Crippen LogP contribution in [0.25, 0.3) is 5.69 Å². The number of nitrogens with two attached hydrogens (primary N) is 1. The number of amides is 1. The monoisotopic (exact) mass is 410 g/mol. The van der Waals surface area contributed by atoms with E-state index in [1.54, 1.807) is 37.2 Å². The zero-order valence-electron chi connectivity index (χ0n) is 17.8. The van der Waals surface area contributed by atoms with E-state index >= 15 is 0 Å². The highest BCUT2D eigenvalue weighted by molar-refractivity contribution is 6.10. The number of carbonyl (C=O) groups excluding carboxylic acids is 2. The van der Waals surface area contributed by atoms with Gasteiger partial charge in [-0.3, -0.25) is 14.4 Å². The first-order valence-electron chi connectivity index (χ1n) is 9.74. The molecule has 3 rings (SSSR count). The Morgan fingerprint density at radius 2 is 1.77 bits per heavy atom. The Kier molecular flexibility index (Phi) is 5.91. The fraction of sp³-hybridized carbons (Fsp3) is 0.333. The van der Waals surface area contributed by atoms with E-state index in [-0.39, 0.29) is 17.9 Å². The van der Waals surface area contributed by atoms with Crippen LogP contribution in [0.4, 0.5) is 11.5 Å². The fourth-order valence-corrected chi connectivity index (χ4v) is 3.32. The zero-order chi connectivity index (χ0) is 22.0. The first-order chi connectivity index (χ1) is 14.3. The predicted octanol–water partition coefficient (Wildman–Crippen LogP) is 2.74. The number of hydrogen-bond acceptors (Lipinski definition) is 6. The van der Waals surface area contributed by atoms with E-state index in [0.29, 0.717) is 35.1 Å². The molecule has 30 heavy (non-hydrogen) atoms. The third-order valence-electron chi connectivity index (χ3n) is 4.81. The second-order valence-electron chi connectivity index (χ2n) is 6.78.